The minimum absolute atomic E-state index is 0.151. The summed E-state index contributed by atoms with van der Waals surface area (Å²) in [7, 11) is 0. The van der Waals surface area contributed by atoms with Crippen LogP contribution in [0.4, 0.5) is 17.1 Å². The number of benzene rings is 2. The molecular formula is C21H18N4O. The number of carbonyl (C=O) groups is 1. The molecule has 1 heterocycles. The summed E-state index contributed by atoms with van der Waals surface area (Å²) >= 11 is 0. The van der Waals surface area contributed by atoms with Gasteiger partial charge < -0.3 is 10.2 Å². The summed E-state index contributed by atoms with van der Waals surface area (Å²) in [6, 6.07) is 22.3. The second kappa shape index (κ2) is 7.95. The summed E-state index contributed by atoms with van der Waals surface area (Å²) in [6.07, 6.45) is 1.61. The highest BCUT2D eigenvalue weighted by atomic mass is 16.2. The van der Waals surface area contributed by atoms with Gasteiger partial charge in [0.15, 0.2) is 0 Å². The Labute approximate surface area is 152 Å². The minimum Gasteiger partial charge on any atom is -0.355 e. The number of hydrogen-bond donors (Lipinski definition) is 1. The molecule has 1 aromatic heterocycles. The van der Waals surface area contributed by atoms with E-state index in [4.69, 9.17) is 5.26 Å². The number of aromatic nitrogens is 1. The molecule has 3 aromatic rings. The van der Waals surface area contributed by atoms with E-state index >= 15 is 0 Å². The van der Waals surface area contributed by atoms with Gasteiger partial charge in [0.25, 0.3) is 5.91 Å². The number of carbonyl (C=O) groups excluding carboxylic acids is 1. The average Bonchev–Trinajstić information content (AvgIpc) is 2.70. The summed E-state index contributed by atoms with van der Waals surface area (Å²) in [4.78, 5) is 18.8. The first-order valence-electron chi connectivity index (χ1n) is 8.31. The van der Waals surface area contributed by atoms with E-state index in [1.165, 1.54) is 0 Å². The number of anilines is 3. The van der Waals surface area contributed by atoms with Crippen molar-refractivity contribution in [1.29, 1.82) is 5.26 Å². The van der Waals surface area contributed by atoms with Gasteiger partial charge in [-0.15, -0.1) is 0 Å². The maximum absolute atomic E-state index is 12.9. The molecule has 0 fully saturated rings. The Kier molecular flexibility index (Phi) is 5.25. The number of amides is 1. The number of nitriles is 1. The number of pyridine rings is 1. The van der Waals surface area contributed by atoms with Crippen LogP contribution in [0.15, 0.2) is 72.9 Å². The van der Waals surface area contributed by atoms with Gasteiger partial charge in [0.2, 0.25) is 0 Å². The van der Waals surface area contributed by atoms with Crippen molar-refractivity contribution in [3.8, 4) is 6.07 Å². The molecule has 0 radical (unpaired) electrons. The largest absolute Gasteiger partial charge is 0.355 e. The molecule has 0 aliphatic rings. The fourth-order valence-electron chi connectivity index (χ4n) is 2.61. The van der Waals surface area contributed by atoms with Crippen molar-refractivity contribution < 1.29 is 4.79 Å². The highest BCUT2D eigenvalue weighted by Crippen LogP contribution is 2.20. The number of rotatable bonds is 5. The molecule has 3 rings (SSSR count). The third-order valence-electron chi connectivity index (χ3n) is 3.91. The van der Waals surface area contributed by atoms with Crippen molar-refractivity contribution in [3.63, 3.8) is 0 Å². The fraction of sp³-hybridized carbons (Fsp3) is 0.0952. The van der Waals surface area contributed by atoms with E-state index in [9.17, 15) is 4.79 Å². The van der Waals surface area contributed by atoms with Crippen LogP contribution in [0, 0.1) is 11.3 Å². The minimum atomic E-state index is -0.151. The van der Waals surface area contributed by atoms with Gasteiger partial charge in [-0.2, -0.15) is 5.26 Å². The Balaban J connectivity index is 1.81. The molecule has 0 unspecified atom stereocenters. The van der Waals surface area contributed by atoms with Gasteiger partial charge in [-0.25, -0.2) is 0 Å². The van der Waals surface area contributed by atoms with E-state index in [1.807, 2.05) is 49.4 Å². The van der Waals surface area contributed by atoms with Gasteiger partial charge in [-0.1, -0.05) is 18.2 Å². The van der Waals surface area contributed by atoms with E-state index in [-0.39, 0.29) is 5.91 Å². The van der Waals surface area contributed by atoms with Crippen molar-refractivity contribution in [2.24, 2.45) is 0 Å². The summed E-state index contributed by atoms with van der Waals surface area (Å²) < 4.78 is 0. The predicted molar refractivity (Wildman–Crippen MR) is 102 cm³/mol. The van der Waals surface area contributed by atoms with Crippen LogP contribution in [0.1, 0.15) is 23.0 Å². The second-order valence-corrected chi connectivity index (χ2v) is 5.63. The first-order valence-corrected chi connectivity index (χ1v) is 8.31. The summed E-state index contributed by atoms with van der Waals surface area (Å²) in [5.74, 6) is -0.151. The first-order chi connectivity index (χ1) is 12.7. The van der Waals surface area contributed by atoms with Crippen LogP contribution in [0.5, 0.6) is 0 Å². The Morgan fingerprint density at radius 2 is 1.81 bits per heavy atom. The summed E-state index contributed by atoms with van der Waals surface area (Å²) in [5.41, 5.74) is 3.41. The third-order valence-corrected chi connectivity index (χ3v) is 3.91. The zero-order chi connectivity index (χ0) is 18.4. The zero-order valence-electron chi connectivity index (χ0n) is 14.4. The Morgan fingerprint density at radius 1 is 1.08 bits per heavy atom. The molecule has 1 amide bonds. The predicted octanol–water partition coefficient (Wildman–Crippen LogP) is 4.36. The SMILES string of the molecule is CCN(C(=O)c1cc(Nc2ccc(C#N)cc2)ccn1)c1ccccc1. The van der Waals surface area contributed by atoms with Gasteiger partial charge in [0, 0.05) is 29.8 Å². The normalized spacial score (nSPS) is 10.0. The van der Waals surface area contributed by atoms with Crippen molar-refractivity contribution >= 4 is 23.0 Å². The number of nitrogens with one attached hydrogen (secondary N) is 1. The lowest BCUT2D eigenvalue weighted by atomic mass is 10.2. The smallest absolute Gasteiger partial charge is 0.276 e. The highest BCUT2D eigenvalue weighted by Gasteiger charge is 2.17. The maximum Gasteiger partial charge on any atom is 0.276 e. The monoisotopic (exact) mass is 342 g/mol. The number of para-hydroxylation sites is 1. The molecule has 5 heteroatoms. The molecule has 0 spiro atoms. The van der Waals surface area contributed by atoms with Crippen LogP contribution in [-0.2, 0) is 0 Å². The molecule has 26 heavy (non-hydrogen) atoms. The van der Waals surface area contributed by atoms with Crippen LogP contribution >= 0.6 is 0 Å². The van der Waals surface area contributed by atoms with Gasteiger partial charge in [-0.05, 0) is 55.5 Å². The van der Waals surface area contributed by atoms with Crippen molar-refractivity contribution in [3.05, 3.63) is 84.2 Å². The molecule has 0 bridgehead atoms. The van der Waals surface area contributed by atoms with Crippen LogP contribution in [-0.4, -0.2) is 17.4 Å². The molecule has 2 aromatic carbocycles. The van der Waals surface area contributed by atoms with Gasteiger partial charge >= 0.3 is 0 Å². The highest BCUT2D eigenvalue weighted by molar-refractivity contribution is 6.05. The fourth-order valence-corrected chi connectivity index (χ4v) is 2.61. The summed E-state index contributed by atoms with van der Waals surface area (Å²) in [5, 5.41) is 12.1. The van der Waals surface area contributed by atoms with E-state index in [1.54, 1.807) is 35.4 Å². The molecular weight excluding hydrogens is 324 g/mol. The number of hydrogen-bond acceptors (Lipinski definition) is 4. The average molecular weight is 342 g/mol. The molecule has 128 valence electrons. The van der Waals surface area contributed by atoms with Crippen molar-refractivity contribution in [2.45, 2.75) is 6.92 Å². The second-order valence-electron chi connectivity index (χ2n) is 5.63. The van der Waals surface area contributed by atoms with Gasteiger partial charge in [-0.3, -0.25) is 9.78 Å². The first kappa shape index (κ1) is 17.2. The zero-order valence-corrected chi connectivity index (χ0v) is 14.4. The van der Waals surface area contributed by atoms with E-state index in [0.717, 1.165) is 17.1 Å². The molecule has 1 N–H and O–H groups in total. The Morgan fingerprint density at radius 3 is 2.46 bits per heavy atom. The topological polar surface area (TPSA) is 69.0 Å². The molecule has 0 atom stereocenters. The van der Waals surface area contributed by atoms with Crippen LogP contribution < -0.4 is 10.2 Å². The van der Waals surface area contributed by atoms with Crippen LogP contribution in [0.3, 0.4) is 0 Å². The lowest BCUT2D eigenvalue weighted by Crippen LogP contribution is -2.31. The molecule has 0 saturated heterocycles. The molecule has 0 aliphatic heterocycles. The van der Waals surface area contributed by atoms with Gasteiger partial charge in [0.1, 0.15) is 5.69 Å². The Bertz CT molecular complexity index is 930. The van der Waals surface area contributed by atoms with Crippen LogP contribution in [0.25, 0.3) is 0 Å². The molecule has 0 aliphatic carbocycles. The van der Waals surface area contributed by atoms with Crippen molar-refractivity contribution in [2.75, 3.05) is 16.8 Å². The maximum atomic E-state index is 12.9. The van der Waals surface area contributed by atoms with Crippen molar-refractivity contribution in [1.82, 2.24) is 4.98 Å². The standard InChI is InChI=1S/C21H18N4O/c1-2-25(19-6-4-3-5-7-19)21(26)20-14-18(12-13-23-20)24-17-10-8-16(15-22)9-11-17/h3-14H,2H2,1H3,(H,23,24). The van der Waals surface area contributed by atoms with E-state index in [2.05, 4.69) is 16.4 Å². The third kappa shape index (κ3) is 3.87. The molecule has 0 saturated carbocycles. The van der Waals surface area contributed by atoms with Gasteiger partial charge in [0.05, 0.1) is 11.6 Å². The Hall–Kier alpha value is -3.65. The molecule has 5 nitrogen and oxygen atoms in total. The number of nitrogens with zero attached hydrogens (tertiary/aromatic N) is 3. The quantitative estimate of drug-likeness (QED) is 0.748. The van der Waals surface area contributed by atoms with E-state index < -0.39 is 0 Å². The van der Waals surface area contributed by atoms with E-state index in [0.29, 0.717) is 17.8 Å². The summed E-state index contributed by atoms with van der Waals surface area (Å²) in [6.45, 7) is 2.49. The lowest BCUT2D eigenvalue weighted by molar-refractivity contribution is 0.0983. The van der Waals surface area contributed by atoms with Crippen LogP contribution in [0.2, 0.25) is 0 Å². The lowest BCUT2D eigenvalue weighted by Gasteiger charge is -2.20.